The van der Waals surface area contributed by atoms with Crippen molar-refractivity contribution in [2.75, 3.05) is 13.1 Å². The lowest BCUT2D eigenvalue weighted by Crippen LogP contribution is -2.31. The van der Waals surface area contributed by atoms with Gasteiger partial charge in [-0.1, -0.05) is 18.2 Å². The minimum Gasteiger partial charge on any atom is -0.311 e. The average molecular weight is 255 g/mol. The van der Waals surface area contributed by atoms with E-state index in [1.165, 1.54) is 16.2 Å². The highest BCUT2D eigenvalue weighted by Gasteiger charge is 2.17. The summed E-state index contributed by atoms with van der Waals surface area (Å²) < 4.78 is 1.02. The maximum Gasteiger partial charge on any atom is 0.265 e. The van der Waals surface area contributed by atoms with Gasteiger partial charge in [-0.15, -0.1) is 11.3 Å². The van der Waals surface area contributed by atoms with Crippen molar-refractivity contribution in [3.8, 4) is 12.1 Å². The number of nitrogens with zero attached hydrogens (tertiary/aromatic N) is 3. The molecule has 2 rings (SSSR count). The Morgan fingerprint density at radius 2 is 1.89 bits per heavy atom. The van der Waals surface area contributed by atoms with Crippen LogP contribution in [-0.2, 0) is 0 Å². The summed E-state index contributed by atoms with van der Waals surface area (Å²) in [5, 5.41) is 18.3. The minimum absolute atomic E-state index is 0.0688. The van der Waals surface area contributed by atoms with Crippen LogP contribution < -0.4 is 0 Å². The van der Waals surface area contributed by atoms with Crippen LogP contribution >= 0.6 is 11.3 Å². The predicted octanol–water partition coefficient (Wildman–Crippen LogP) is 2.39. The van der Waals surface area contributed by atoms with E-state index in [9.17, 15) is 4.79 Å². The van der Waals surface area contributed by atoms with Gasteiger partial charge in [-0.3, -0.25) is 4.79 Å². The number of fused-ring (bicyclic) bond motifs is 1. The lowest BCUT2D eigenvalue weighted by Gasteiger charge is -2.13. The zero-order valence-electron chi connectivity index (χ0n) is 9.46. The van der Waals surface area contributed by atoms with Gasteiger partial charge in [0.15, 0.2) is 0 Å². The highest BCUT2D eigenvalue weighted by atomic mass is 32.1. The van der Waals surface area contributed by atoms with Crippen molar-refractivity contribution in [2.45, 2.75) is 0 Å². The number of benzene rings is 1. The zero-order valence-corrected chi connectivity index (χ0v) is 10.3. The maximum absolute atomic E-state index is 12.1. The molecule has 1 aromatic carbocycles. The van der Waals surface area contributed by atoms with Crippen LogP contribution in [-0.4, -0.2) is 23.9 Å². The summed E-state index contributed by atoms with van der Waals surface area (Å²) in [6.07, 6.45) is 0. The molecule has 0 aliphatic rings. The topological polar surface area (TPSA) is 67.9 Å². The van der Waals surface area contributed by atoms with Crippen molar-refractivity contribution in [1.29, 1.82) is 10.5 Å². The Labute approximate surface area is 108 Å². The highest BCUT2D eigenvalue weighted by molar-refractivity contribution is 7.20. The SMILES string of the molecule is N#CCN(CC#N)C(=O)c1cc2ccccc2s1. The summed E-state index contributed by atoms with van der Waals surface area (Å²) in [7, 11) is 0. The third-order valence-corrected chi connectivity index (χ3v) is 3.55. The second-order valence-corrected chi connectivity index (χ2v) is 4.71. The number of thiophene rings is 1. The number of hydrogen-bond donors (Lipinski definition) is 0. The second-order valence-electron chi connectivity index (χ2n) is 3.63. The first-order valence-electron chi connectivity index (χ1n) is 5.28. The van der Waals surface area contributed by atoms with Crippen molar-refractivity contribution in [2.24, 2.45) is 0 Å². The molecular formula is C13H9N3OS. The fraction of sp³-hybridized carbons (Fsp3) is 0.154. The van der Waals surface area contributed by atoms with Gasteiger partial charge in [-0.2, -0.15) is 10.5 Å². The van der Waals surface area contributed by atoms with E-state index in [0.717, 1.165) is 10.1 Å². The van der Waals surface area contributed by atoms with Crippen molar-refractivity contribution < 1.29 is 4.79 Å². The number of carbonyl (C=O) groups excluding carboxylic acids is 1. The van der Waals surface area contributed by atoms with Gasteiger partial charge in [0.1, 0.15) is 13.1 Å². The molecular weight excluding hydrogens is 246 g/mol. The first kappa shape index (κ1) is 12.1. The number of hydrogen-bond acceptors (Lipinski definition) is 4. The lowest BCUT2D eigenvalue weighted by molar-refractivity contribution is 0.0799. The molecule has 0 radical (unpaired) electrons. The van der Waals surface area contributed by atoms with Gasteiger partial charge in [0, 0.05) is 4.70 Å². The fourth-order valence-corrected chi connectivity index (χ4v) is 2.64. The molecule has 0 aliphatic carbocycles. The molecule has 0 saturated heterocycles. The second kappa shape index (κ2) is 5.31. The zero-order chi connectivity index (χ0) is 13.0. The molecule has 1 heterocycles. The molecule has 0 unspecified atom stereocenters. The van der Waals surface area contributed by atoms with E-state index >= 15 is 0 Å². The molecule has 88 valence electrons. The molecule has 0 saturated carbocycles. The fourth-order valence-electron chi connectivity index (χ4n) is 1.61. The molecule has 0 aliphatic heterocycles. The van der Waals surface area contributed by atoms with Gasteiger partial charge in [0.2, 0.25) is 0 Å². The number of rotatable bonds is 3. The summed E-state index contributed by atoms with van der Waals surface area (Å²) in [6.45, 7) is -0.138. The smallest absolute Gasteiger partial charge is 0.265 e. The molecule has 0 spiro atoms. The summed E-state index contributed by atoms with van der Waals surface area (Å²) in [6, 6.07) is 13.3. The van der Waals surface area contributed by atoms with Crippen molar-refractivity contribution in [3.63, 3.8) is 0 Å². The van der Waals surface area contributed by atoms with E-state index in [2.05, 4.69) is 0 Å². The highest BCUT2D eigenvalue weighted by Crippen LogP contribution is 2.26. The van der Waals surface area contributed by atoms with E-state index < -0.39 is 0 Å². The molecule has 1 amide bonds. The van der Waals surface area contributed by atoms with Crippen LogP contribution in [0.25, 0.3) is 10.1 Å². The largest absolute Gasteiger partial charge is 0.311 e. The molecule has 0 bridgehead atoms. The third kappa shape index (κ3) is 2.32. The standard InChI is InChI=1S/C13H9N3OS/c14-5-7-16(8-6-15)13(17)12-9-10-3-1-2-4-11(10)18-12/h1-4,9H,7-8H2. The van der Waals surface area contributed by atoms with Crippen LogP contribution in [0.5, 0.6) is 0 Å². The van der Waals surface area contributed by atoms with E-state index in [1.54, 1.807) is 6.07 Å². The Morgan fingerprint density at radius 1 is 1.22 bits per heavy atom. The predicted molar refractivity (Wildman–Crippen MR) is 69.0 cm³/mol. The van der Waals surface area contributed by atoms with Crippen molar-refractivity contribution in [1.82, 2.24) is 4.90 Å². The molecule has 4 nitrogen and oxygen atoms in total. The van der Waals surface area contributed by atoms with Crippen LogP contribution in [0.1, 0.15) is 9.67 Å². The van der Waals surface area contributed by atoms with E-state index in [0.29, 0.717) is 4.88 Å². The van der Waals surface area contributed by atoms with Gasteiger partial charge in [0.25, 0.3) is 5.91 Å². The van der Waals surface area contributed by atoms with Crippen LogP contribution in [0.3, 0.4) is 0 Å². The van der Waals surface area contributed by atoms with Gasteiger partial charge < -0.3 is 4.90 Å². The molecule has 0 fully saturated rings. The molecule has 1 aromatic heterocycles. The number of amides is 1. The molecule has 2 aromatic rings. The van der Waals surface area contributed by atoms with Gasteiger partial charge in [0.05, 0.1) is 17.0 Å². The average Bonchev–Trinajstić information content (AvgIpc) is 2.81. The molecule has 5 heteroatoms. The van der Waals surface area contributed by atoms with Crippen LogP contribution in [0.15, 0.2) is 30.3 Å². The normalized spacial score (nSPS) is 9.67. The summed E-state index contributed by atoms with van der Waals surface area (Å²) in [4.78, 5) is 13.9. The van der Waals surface area contributed by atoms with Crippen LogP contribution in [0.4, 0.5) is 0 Å². The third-order valence-electron chi connectivity index (χ3n) is 2.45. The molecule has 18 heavy (non-hydrogen) atoms. The molecule has 0 atom stereocenters. The van der Waals surface area contributed by atoms with Crippen LogP contribution in [0.2, 0.25) is 0 Å². The van der Waals surface area contributed by atoms with Crippen LogP contribution in [0, 0.1) is 22.7 Å². The summed E-state index contributed by atoms with van der Waals surface area (Å²) in [5.41, 5.74) is 0. The number of nitriles is 2. The summed E-state index contributed by atoms with van der Waals surface area (Å²) in [5.74, 6) is -0.265. The monoisotopic (exact) mass is 255 g/mol. The number of carbonyl (C=O) groups is 1. The Bertz CT molecular complexity index is 614. The minimum atomic E-state index is -0.265. The summed E-state index contributed by atoms with van der Waals surface area (Å²) >= 11 is 1.38. The van der Waals surface area contributed by atoms with Crippen molar-refractivity contribution >= 4 is 27.3 Å². The van der Waals surface area contributed by atoms with E-state index in [4.69, 9.17) is 10.5 Å². The first-order valence-corrected chi connectivity index (χ1v) is 6.09. The van der Waals surface area contributed by atoms with E-state index in [1.807, 2.05) is 36.4 Å². The van der Waals surface area contributed by atoms with Gasteiger partial charge >= 0.3 is 0 Å². The lowest BCUT2D eigenvalue weighted by atomic mass is 10.2. The van der Waals surface area contributed by atoms with Crippen molar-refractivity contribution in [3.05, 3.63) is 35.2 Å². The Morgan fingerprint density at radius 3 is 2.50 bits per heavy atom. The Balaban J connectivity index is 2.32. The Hall–Kier alpha value is -2.37. The van der Waals surface area contributed by atoms with E-state index in [-0.39, 0.29) is 19.0 Å². The Kier molecular flexibility index (Phi) is 3.57. The quantitative estimate of drug-likeness (QED) is 0.791. The maximum atomic E-state index is 12.1. The van der Waals surface area contributed by atoms with Gasteiger partial charge in [-0.25, -0.2) is 0 Å². The first-order chi connectivity index (χ1) is 8.76. The molecule has 0 N–H and O–H groups in total. The van der Waals surface area contributed by atoms with Gasteiger partial charge in [-0.05, 0) is 17.5 Å².